The molecule has 0 bridgehead atoms. The highest BCUT2D eigenvalue weighted by Gasteiger charge is 2.16. The van der Waals surface area contributed by atoms with E-state index >= 15 is 0 Å². The van der Waals surface area contributed by atoms with Crippen LogP contribution in [0.3, 0.4) is 0 Å². The van der Waals surface area contributed by atoms with Gasteiger partial charge in [-0.1, -0.05) is 6.58 Å². The summed E-state index contributed by atoms with van der Waals surface area (Å²) in [6.07, 6.45) is 0. The number of nitrogens with zero attached hydrogens (tertiary/aromatic N) is 1. The number of rotatable bonds is 0. The zero-order valence-corrected chi connectivity index (χ0v) is 4.77. The first-order valence-electron chi connectivity index (χ1n) is 2.40. The van der Waals surface area contributed by atoms with E-state index in [2.05, 4.69) is 11.9 Å². The Morgan fingerprint density at radius 3 is 2.62 bits per heavy atom. The largest absolute Gasteiger partial charge is 0.322 e. The molecule has 8 heavy (non-hydrogen) atoms. The molecule has 3 heteroatoms. The predicted octanol–water partition coefficient (Wildman–Crippen LogP) is 0.155. The lowest BCUT2D eigenvalue weighted by molar-refractivity contribution is 0.226. The maximum Gasteiger partial charge on any atom is 0.321 e. The minimum absolute atomic E-state index is 0.0602. The van der Waals surface area contributed by atoms with E-state index in [0.717, 1.165) is 5.70 Å². The molecule has 0 unspecified atom stereocenters. The summed E-state index contributed by atoms with van der Waals surface area (Å²) >= 11 is 0. The van der Waals surface area contributed by atoms with Crippen molar-refractivity contribution in [3.8, 4) is 0 Å². The summed E-state index contributed by atoms with van der Waals surface area (Å²) in [5, 5.41) is 2.56. The van der Waals surface area contributed by atoms with E-state index in [1.807, 2.05) is 0 Å². The second-order valence-corrected chi connectivity index (χ2v) is 1.89. The van der Waals surface area contributed by atoms with Crippen LogP contribution in [0.25, 0.3) is 0 Å². The van der Waals surface area contributed by atoms with Crippen molar-refractivity contribution >= 4 is 6.03 Å². The fourth-order valence-electron chi connectivity index (χ4n) is 0.644. The lowest BCUT2D eigenvalue weighted by Gasteiger charge is -2.00. The zero-order chi connectivity index (χ0) is 6.15. The summed E-state index contributed by atoms with van der Waals surface area (Å²) in [5.74, 6) is 0. The third kappa shape index (κ3) is 0.665. The van der Waals surface area contributed by atoms with Crippen LogP contribution in [0, 0.1) is 0 Å². The molecule has 2 amide bonds. The molecule has 44 valence electrons. The van der Waals surface area contributed by atoms with Crippen LogP contribution in [0.5, 0.6) is 0 Å². The summed E-state index contributed by atoms with van der Waals surface area (Å²) in [6, 6.07) is -0.0602. The van der Waals surface area contributed by atoms with Crippen LogP contribution in [-0.4, -0.2) is 24.5 Å². The molecule has 1 aliphatic rings. The molecule has 1 rings (SSSR count). The van der Waals surface area contributed by atoms with Gasteiger partial charge in [-0.15, -0.1) is 0 Å². The molecule has 0 radical (unpaired) electrons. The Labute approximate surface area is 48.0 Å². The van der Waals surface area contributed by atoms with E-state index in [1.54, 1.807) is 11.9 Å². The van der Waals surface area contributed by atoms with Crippen molar-refractivity contribution in [2.75, 3.05) is 13.6 Å². The molecular formula is C5H8N2O. The number of likely N-dealkylation sites (N-methyl/N-ethyl adjacent to an activating group) is 1. The van der Waals surface area contributed by atoms with Gasteiger partial charge in [0.15, 0.2) is 0 Å². The highest BCUT2D eigenvalue weighted by Crippen LogP contribution is 1.99. The minimum atomic E-state index is -0.0602. The Balaban J connectivity index is 2.64. The van der Waals surface area contributed by atoms with Crippen molar-refractivity contribution in [1.82, 2.24) is 10.2 Å². The summed E-state index contributed by atoms with van der Waals surface area (Å²) in [4.78, 5) is 12.1. The Hall–Kier alpha value is -0.990. The summed E-state index contributed by atoms with van der Waals surface area (Å²) in [5.41, 5.74) is 0.775. The van der Waals surface area contributed by atoms with E-state index in [4.69, 9.17) is 0 Å². The second kappa shape index (κ2) is 1.51. The van der Waals surface area contributed by atoms with Gasteiger partial charge >= 0.3 is 6.03 Å². The standard InChI is InChI=1S/C5H8N2O/c1-4-3-7(2)5(8)6-4/h1,3H2,2H3,(H,6,8). The van der Waals surface area contributed by atoms with Crippen LogP contribution < -0.4 is 5.32 Å². The molecule has 1 N–H and O–H groups in total. The molecule has 0 atom stereocenters. The van der Waals surface area contributed by atoms with Crippen molar-refractivity contribution in [3.05, 3.63) is 12.3 Å². The predicted molar refractivity (Wildman–Crippen MR) is 30.3 cm³/mol. The number of hydrogen-bond donors (Lipinski definition) is 1. The van der Waals surface area contributed by atoms with Crippen LogP contribution in [0.1, 0.15) is 0 Å². The maximum atomic E-state index is 10.5. The molecule has 1 aliphatic heterocycles. The molecule has 0 spiro atoms. The highest BCUT2D eigenvalue weighted by molar-refractivity contribution is 5.78. The minimum Gasteiger partial charge on any atom is -0.322 e. The molecule has 0 saturated carbocycles. The molecule has 0 aromatic heterocycles. The average molecular weight is 112 g/mol. The third-order valence-corrected chi connectivity index (χ3v) is 1.06. The zero-order valence-electron chi connectivity index (χ0n) is 4.77. The van der Waals surface area contributed by atoms with Crippen molar-refractivity contribution in [2.45, 2.75) is 0 Å². The van der Waals surface area contributed by atoms with Gasteiger partial charge in [-0.3, -0.25) is 0 Å². The number of carbonyl (C=O) groups is 1. The average Bonchev–Trinajstić information content (AvgIpc) is 1.85. The number of hydrogen-bond acceptors (Lipinski definition) is 1. The summed E-state index contributed by atoms with van der Waals surface area (Å²) in [7, 11) is 1.73. The number of nitrogens with one attached hydrogen (secondary N) is 1. The van der Waals surface area contributed by atoms with Crippen LogP contribution in [0.15, 0.2) is 12.3 Å². The van der Waals surface area contributed by atoms with Crippen LogP contribution >= 0.6 is 0 Å². The van der Waals surface area contributed by atoms with E-state index in [-0.39, 0.29) is 6.03 Å². The van der Waals surface area contributed by atoms with Crippen molar-refractivity contribution in [1.29, 1.82) is 0 Å². The van der Waals surface area contributed by atoms with Gasteiger partial charge in [0.25, 0.3) is 0 Å². The van der Waals surface area contributed by atoms with E-state index in [1.165, 1.54) is 0 Å². The first-order valence-corrected chi connectivity index (χ1v) is 2.40. The fourth-order valence-corrected chi connectivity index (χ4v) is 0.644. The normalized spacial score (nSPS) is 19.4. The molecule has 0 aromatic carbocycles. The Kier molecular flexibility index (Phi) is 0.970. The third-order valence-electron chi connectivity index (χ3n) is 1.06. The molecule has 3 nitrogen and oxygen atoms in total. The van der Waals surface area contributed by atoms with Crippen LogP contribution in [0.4, 0.5) is 4.79 Å². The lowest BCUT2D eigenvalue weighted by atomic mass is 10.5. The maximum absolute atomic E-state index is 10.5. The van der Waals surface area contributed by atoms with Gasteiger partial charge < -0.3 is 10.2 Å². The first kappa shape index (κ1) is 5.15. The van der Waals surface area contributed by atoms with Gasteiger partial charge in [-0.2, -0.15) is 0 Å². The second-order valence-electron chi connectivity index (χ2n) is 1.89. The Bertz CT molecular complexity index is 141. The fraction of sp³-hybridized carbons (Fsp3) is 0.400. The number of amides is 2. The quantitative estimate of drug-likeness (QED) is 0.475. The van der Waals surface area contributed by atoms with Crippen molar-refractivity contribution in [2.24, 2.45) is 0 Å². The van der Waals surface area contributed by atoms with Gasteiger partial charge in [-0.05, 0) is 0 Å². The molecule has 0 aliphatic carbocycles. The monoisotopic (exact) mass is 112 g/mol. The lowest BCUT2D eigenvalue weighted by Crippen LogP contribution is -2.23. The first-order chi connectivity index (χ1) is 3.70. The van der Waals surface area contributed by atoms with Crippen LogP contribution in [-0.2, 0) is 0 Å². The van der Waals surface area contributed by atoms with Gasteiger partial charge in [0.05, 0.1) is 6.54 Å². The molecule has 1 fully saturated rings. The summed E-state index contributed by atoms with van der Waals surface area (Å²) in [6.45, 7) is 4.22. The van der Waals surface area contributed by atoms with Gasteiger partial charge in [0.2, 0.25) is 0 Å². The number of carbonyl (C=O) groups excluding carboxylic acids is 1. The van der Waals surface area contributed by atoms with Gasteiger partial charge in [-0.25, -0.2) is 4.79 Å². The van der Waals surface area contributed by atoms with E-state index in [0.29, 0.717) is 6.54 Å². The van der Waals surface area contributed by atoms with Crippen molar-refractivity contribution < 1.29 is 4.79 Å². The van der Waals surface area contributed by atoms with Crippen molar-refractivity contribution in [3.63, 3.8) is 0 Å². The van der Waals surface area contributed by atoms with Crippen LogP contribution in [0.2, 0.25) is 0 Å². The van der Waals surface area contributed by atoms with E-state index < -0.39 is 0 Å². The SMILES string of the molecule is C=C1CN(C)C(=O)N1. The molecule has 1 saturated heterocycles. The molecule has 0 aromatic rings. The highest BCUT2D eigenvalue weighted by atomic mass is 16.2. The smallest absolute Gasteiger partial charge is 0.321 e. The summed E-state index contributed by atoms with van der Waals surface area (Å²) < 4.78 is 0. The topological polar surface area (TPSA) is 32.3 Å². The molecule has 1 heterocycles. The van der Waals surface area contributed by atoms with Gasteiger partial charge in [0, 0.05) is 12.7 Å². The van der Waals surface area contributed by atoms with E-state index in [9.17, 15) is 4.79 Å². The Morgan fingerprint density at radius 1 is 1.88 bits per heavy atom. The van der Waals surface area contributed by atoms with Gasteiger partial charge in [0.1, 0.15) is 0 Å². The molecular weight excluding hydrogens is 104 g/mol. The number of urea groups is 1. The Morgan fingerprint density at radius 2 is 2.50 bits per heavy atom.